The summed E-state index contributed by atoms with van der Waals surface area (Å²) in [5.74, 6) is -0.339. The lowest BCUT2D eigenvalue weighted by Crippen LogP contribution is -2.47. The molecule has 0 radical (unpaired) electrons. The first-order chi connectivity index (χ1) is 11.8. The molecule has 0 fully saturated rings. The van der Waals surface area contributed by atoms with E-state index in [-0.39, 0.29) is 5.91 Å². The molecule has 5 nitrogen and oxygen atoms in total. The van der Waals surface area contributed by atoms with Crippen LogP contribution in [0.2, 0.25) is 0 Å². The summed E-state index contributed by atoms with van der Waals surface area (Å²) in [6, 6.07) is 13.6. The molecular formula is C19H24N2O3S. The molecule has 0 aliphatic heterocycles. The zero-order valence-electron chi connectivity index (χ0n) is 15.0. The molecule has 0 saturated heterocycles. The van der Waals surface area contributed by atoms with Crippen molar-refractivity contribution in [3.8, 4) is 0 Å². The predicted molar refractivity (Wildman–Crippen MR) is 102 cm³/mol. The Hall–Kier alpha value is -2.34. The second-order valence-electron chi connectivity index (χ2n) is 6.07. The molecule has 0 heterocycles. The zero-order valence-corrected chi connectivity index (χ0v) is 15.8. The van der Waals surface area contributed by atoms with Crippen molar-refractivity contribution in [2.24, 2.45) is 0 Å². The third kappa shape index (κ3) is 4.39. The molecule has 0 spiro atoms. The zero-order chi connectivity index (χ0) is 18.6. The number of sulfonamides is 1. The van der Waals surface area contributed by atoms with Gasteiger partial charge in [-0.05, 0) is 43.5 Å². The van der Waals surface area contributed by atoms with Crippen molar-refractivity contribution >= 4 is 27.3 Å². The summed E-state index contributed by atoms with van der Waals surface area (Å²) in [4.78, 5) is 12.9. The predicted octanol–water partition coefficient (Wildman–Crippen LogP) is 3.49. The van der Waals surface area contributed by atoms with Gasteiger partial charge < -0.3 is 5.32 Å². The highest BCUT2D eigenvalue weighted by atomic mass is 32.2. The van der Waals surface area contributed by atoms with E-state index < -0.39 is 16.1 Å². The second-order valence-corrected chi connectivity index (χ2v) is 7.93. The number of carbonyl (C=O) groups is 1. The maximum absolute atomic E-state index is 12.9. The largest absolute Gasteiger partial charge is 0.324 e. The number of para-hydroxylation sites is 2. The van der Waals surface area contributed by atoms with Crippen molar-refractivity contribution in [2.45, 2.75) is 33.2 Å². The molecule has 134 valence electrons. The fraction of sp³-hybridized carbons (Fsp3) is 0.316. The van der Waals surface area contributed by atoms with Crippen LogP contribution in [0.4, 0.5) is 11.4 Å². The van der Waals surface area contributed by atoms with E-state index in [1.807, 2.05) is 38.1 Å². The van der Waals surface area contributed by atoms with Crippen LogP contribution < -0.4 is 9.62 Å². The number of hydrogen-bond acceptors (Lipinski definition) is 3. The Morgan fingerprint density at radius 2 is 1.60 bits per heavy atom. The van der Waals surface area contributed by atoms with Crippen LogP contribution in [0.25, 0.3) is 0 Å². The van der Waals surface area contributed by atoms with Gasteiger partial charge in [-0.3, -0.25) is 9.10 Å². The Labute approximate surface area is 149 Å². The monoisotopic (exact) mass is 360 g/mol. The van der Waals surface area contributed by atoms with Gasteiger partial charge in [-0.15, -0.1) is 0 Å². The maximum atomic E-state index is 12.9. The maximum Gasteiger partial charge on any atom is 0.248 e. The van der Waals surface area contributed by atoms with E-state index in [9.17, 15) is 13.2 Å². The van der Waals surface area contributed by atoms with Crippen molar-refractivity contribution in [3.05, 3.63) is 59.7 Å². The van der Waals surface area contributed by atoms with Gasteiger partial charge in [0.05, 0.1) is 11.9 Å². The summed E-state index contributed by atoms with van der Waals surface area (Å²) >= 11 is 0. The van der Waals surface area contributed by atoms with Crippen molar-refractivity contribution in [1.82, 2.24) is 0 Å². The highest BCUT2D eigenvalue weighted by Crippen LogP contribution is 2.25. The van der Waals surface area contributed by atoms with Gasteiger partial charge in [-0.25, -0.2) is 8.42 Å². The molecule has 2 aromatic carbocycles. The van der Waals surface area contributed by atoms with Crippen molar-refractivity contribution in [1.29, 1.82) is 0 Å². The lowest BCUT2D eigenvalue weighted by Gasteiger charge is -2.30. The molecule has 0 saturated carbocycles. The fourth-order valence-corrected chi connectivity index (χ4v) is 4.07. The van der Waals surface area contributed by atoms with Crippen molar-refractivity contribution in [3.63, 3.8) is 0 Å². The first-order valence-corrected chi connectivity index (χ1v) is 10.0. The first kappa shape index (κ1) is 19.0. The lowest BCUT2D eigenvalue weighted by atomic mass is 10.1. The van der Waals surface area contributed by atoms with Crippen molar-refractivity contribution < 1.29 is 13.2 Å². The van der Waals surface area contributed by atoms with E-state index in [0.29, 0.717) is 12.1 Å². The third-order valence-corrected chi connectivity index (χ3v) is 5.25. The Bertz CT molecular complexity index is 828. The number of benzene rings is 2. The Morgan fingerprint density at radius 3 is 2.08 bits per heavy atom. The molecule has 2 aromatic rings. The summed E-state index contributed by atoms with van der Waals surface area (Å²) < 4.78 is 25.9. The molecule has 0 bridgehead atoms. The van der Waals surface area contributed by atoms with E-state index in [4.69, 9.17) is 0 Å². The highest BCUT2D eigenvalue weighted by molar-refractivity contribution is 7.92. The Kier molecular flexibility index (Phi) is 5.85. The van der Waals surface area contributed by atoms with Gasteiger partial charge in [0.15, 0.2) is 0 Å². The number of rotatable bonds is 6. The quantitative estimate of drug-likeness (QED) is 0.857. The number of anilines is 2. The minimum atomic E-state index is -3.61. The van der Waals surface area contributed by atoms with Gasteiger partial charge in [0, 0.05) is 5.69 Å². The SMILES string of the molecule is CCC(C(=O)Nc1c(C)cccc1C)N(c1ccccc1)S(C)(=O)=O. The molecular weight excluding hydrogens is 336 g/mol. The van der Waals surface area contributed by atoms with E-state index in [0.717, 1.165) is 23.1 Å². The van der Waals surface area contributed by atoms with Gasteiger partial charge in [-0.1, -0.05) is 43.3 Å². The van der Waals surface area contributed by atoms with Crippen molar-refractivity contribution in [2.75, 3.05) is 15.9 Å². The van der Waals surface area contributed by atoms with Gasteiger partial charge in [-0.2, -0.15) is 0 Å². The van der Waals surface area contributed by atoms with Gasteiger partial charge in [0.1, 0.15) is 6.04 Å². The van der Waals surface area contributed by atoms with Gasteiger partial charge in [0.2, 0.25) is 15.9 Å². The molecule has 6 heteroatoms. The fourth-order valence-electron chi connectivity index (χ4n) is 2.85. The van der Waals surface area contributed by atoms with Crippen LogP contribution in [-0.2, 0) is 14.8 Å². The summed E-state index contributed by atoms with van der Waals surface area (Å²) in [6.45, 7) is 5.63. The molecule has 25 heavy (non-hydrogen) atoms. The Morgan fingerprint density at radius 1 is 1.04 bits per heavy atom. The highest BCUT2D eigenvalue weighted by Gasteiger charge is 2.31. The standard InChI is InChI=1S/C19H24N2O3S/c1-5-17(19(22)20-18-14(2)10-9-11-15(18)3)21(25(4,23)24)16-12-7-6-8-13-16/h6-13,17H,5H2,1-4H3,(H,20,22). The van der Waals surface area contributed by atoms with E-state index >= 15 is 0 Å². The van der Waals surface area contributed by atoms with Crippen LogP contribution in [0.15, 0.2) is 48.5 Å². The molecule has 0 aliphatic carbocycles. The number of carbonyl (C=O) groups excluding carboxylic acids is 1. The smallest absolute Gasteiger partial charge is 0.248 e. The van der Waals surface area contributed by atoms with E-state index in [1.165, 1.54) is 4.31 Å². The number of nitrogens with zero attached hydrogens (tertiary/aromatic N) is 1. The van der Waals surface area contributed by atoms with Crippen LogP contribution in [0.3, 0.4) is 0 Å². The Balaban J connectivity index is 2.40. The number of nitrogens with one attached hydrogen (secondary N) is 1. The molecule has 2 rings (SSSR count). The number of hydrogen-bond donors (Lipinski definition) is 1. The minimum Gasteiger partial charge on any atom is -0.324 e. The van der Waals surface area contributed by atoms with E-state index in [1.54, 1.807) is 31.2 Å². The van der Waals surface area contributed by atoms with Crippen LogP contribution in [0.5, 0.6) is 0 Å². The average Bonchev–Trinajstić information content (AvgIpc) is 2.55. The van der Waals surface area contributed by atoms with Crippen LogP contribution in [0, 0.1) is 13.8 Å². The summed E-state index contributed by atoms with van der Waals surface area (Å²) in [5.41, 5.74) is 3.09. The summed E-state index contributed by atoms with van der Waals surface area (Å²) in [5, 5.41) is 2.91. The molecule has 0 aromatic heterocycles. The van der Waals surface area contributed by atoms with E-state index in [2.05, 4.69) is 5.32 Å². The van der Waals surface area contributed by atoms with Crippen LogP contribution >= 0.6 is 0 Å². The summed E-state index contributed by atoms with van der Waals surface area (Å²) in [7, 11) is -3.61. The molecule has 1 unspecified atom stereocenters. The van der Waals surface area contributed by atoms with Gasteiger partial charge >= 0.3 is 0 Å². The normalized spacial score (nSPS) is 12.5. The lowest BCUT2D eigenvalue weighted by molar-refractivity contribution is -0.117. The molecule has 1 amide bonds. The first-order valence-electron chi connectivity index (χ1n) is 8.17. The second kappa shape index (κ2) is 7.70. The van der Waals surface area contributed by atoms with Gasteiger partial charge in [0.25, 0.3) is 0 Å². The summed E-state index contributed by atoms with van der Waals surface area (Å²) in [6.07, 6.45) is 1.48. The minimum absolute atomic E-state index is 0.339. The van der Waals surface area contributed by atoms with Crippen LogP contribution in [-0.4, -0.2) is 26.6 Å². The number of amides is 1. The molecule has 1 N–H and O–H groups in total. The number of aryl methyl sites for hydroxylation is 2. The third-order valence-electron chi connectivity index (χ3n) is 4.07. The molecule has 1 atom stereocenters. The topological polar surface area (TPSA) is 66.5 Å². The average molecular weight is 360 g/mol. The molecule has 0 aliphatic rings. The van der Waals surface area contributed by atoms with Crippen LogP contribution in [0.1, 0.15) is 24.5 Å².